The molecule has 0 amide bonds. The lowest BCUT2D eigenvalue weighted by atomic mass is 9.59. The quantitative estimate of drug-likeness (QED) is 0.442. The fraction of sp³-hybridized carbons (Fsp3) is 1.00. The molecule has 2 aliphatic rings. The molecule has 0 aromatic rings. The minimum absolute atomic E-state index is 0.205. The molecule has 2 saturated heterocycles. The molecule has 0 bridgehead atoms. The van der Waals surface area contributed by atoms with Gasteiger partial charge in [-0.3, -0.25) is 0 Å². The molecule has 0 N–H and O–H groups in total. The van der Waals surface area contributed by atoms with Gasteiger partial charge in [0.05, 0.1) is 0 Å². The molecule has 2 nitrogen and oxygen atoms in total. The molecule has 3 heteroatoms. The zero-order chi connectivity index (χ0) is 21.9. The molecule has 0 saturated carbocycles. The van der Waals surface area contributed by atoms with Crippen LogP contribution < -0.4 is 0 Å². The second kappa shape index (κ2) is 9.55. The van der Waals surface area contributed by atoms with Crippen molar-refractivity contribution in [1.82, 2.24) is 9.80 Å². The molecule has 0 aliphatic carbocycles. The Morgan fingerprint density at radius 2 is 1.31 bits per heavy atom. The molecular formula is C26H51FN2. The van der Waals surface area contributed by atoms with Crippen LogP contribution >= 0.6 is 0 Å². The van der Waals surface area contributed by atoms with Crippen molar-refractivity contribution in [3.8, 4) is 0 Å². The molecule has 172 valence electrons. The van der Waals surface area contributed by atoms with Crippen LogP contribution in [0.15, 0.2) is 0 Å². The van der Waals surface area contributed by atoms with Gasteiger partial charge < -0.3 is 9.80 Å². The number of nitrogens with zero attached hydrogens (tertiary/aromatic N) is 2. The molecule has 1 atom stereocenters. The van der Waals surface area contributed by atoms with Gasteiger partial charge >= 0.3 is 0 Å². The normalized spacial score (nSPS) is 25.1. The number of piperidine rings is 2. The van der Waals surface area contributed by atoms with Crippen molar-refractivity contribution in [2.45, 2.75) is 93.9 Å². The summed E-state index contributed by atoms with van der Waals surface area (Å²) in [6.45, 7) is 26.0. The maximum Gasteiger partial charge on any atom is 0.102 e. The first-order chi connectivity index (χ1) is 13.3. The standard InChI is InChI=1S/C26H51FN2/c1-22(21-29-18-11-25(7,12-19-29)23(2,3)4)9-10-24(5,6)26(8)13-16-28(17-14-26)20-15-27/h22H,9-21H2,1-8H3. The van der Waals surface area contributed by atoms with Crippen LogP contribution in [0.1, 0.15) is 93.9 Å². The van der Waals surface area contributed by atoms with E-state index in [-0.39, 0.29) is 6.67 Å². The fourth-order valence-electron chi connectivity index (χ4n) is 5.49. The molecule has 2 aliphatic heterocycles. The van der Waals surface area contributed by atoms with Crippen molar-refractivity contribution in [1.29, 1.82) is 0 Å². The van der Waals surface area contributed by atoms with Gasteiger partial charge in [-0.25, -0.2) is 4.39 Å². The summed E-state index contributed by atoms with van der Waals surface area (Å²) in [5, 5.41) is 0. The van der Waals surface area contributed by atoms with Gasteiger partial charge in [0.1, 0.15) is 6.67 Å². The van der Waals surface area contributed by atoms with E-state index in [1.807, 2.05) is 0 Å². The monoisotopic (exact) mass is 410 g/mol. The maximum atomic E-state index is 12.7. The molecule has 0 aromatic heterocycles. The molecular weight excluding hydrogens is 359 g/mol. The zero-order valence-electron chi connectivity index (χ0n) is 21.0. The van der Waals surface area contributed by atoms with Gasteiger partial charge in [0.25, 0.3) is 0 Å². The van der Waals surface area contributed by atoms with Crippen molar-refractivity contribution in [3.63, 3.8) is 0 Å². The number of likely N-dealkylation sites (tertiary alicyclic amines) is 2. The van der Waals surface area contributed by atoms with Crippen LogP contribution in [0.4, 0.5) is 4.39 Å². The number of halogens is 1. The third-order valence-electron chi connectivity index (χ3n) is 9.60. The van der Waals surface area contributed by atoms with Gasteiger partial charge in [-0.1, -0.05) is 55.4 Å². The Balaban J connectivity index is 1.78. The molecule has 0 aromatic carbocycles. The van der Waals surface area contributed by atoms with E-state index >= 15 is 0 Å². The third kappa shape index (κ3) is 6.19. The van der Waals surface area contributed by atoms with Crippen LogP contribution in [0.25, 0.3) is 0 Å². The summed E-state index contributed by atoms with van der Waals surface area (Å²) < 4.78 is 12.7. The summed E-state index contributed by atoms with van der Waals surface area (Å²) in [4.78, 5) is 5.03. The summed E-state index contributed by atoms with van der Waals surface area (Å²) >= 11 is 0. The average molecular weight is 411 g/mol. The Morgan fingerprint density at radius 3 is 1.79 bits per heavy atom. The molecule has 2 heterocycles. The predicted octanol–water partition coefficient (Wildman–Crippen LogP) is 6.65. The predicted molar refractivity (Wildman–Crippen MR) is 125 cm³/mol. The Hall–Kier alpha value is -0.150. The van der Waals surface area contributed by atoms with Crippen LogP contribution in [0, 0.1) is 27.6 Å². The molecule has 29 heavy (non-hydrogen) atoms. The number of alkyl halides is 1. The largest absolute Gasteiger partial charge is 0.303 e. The van der Waals surface area contributed by atoms with Crippen molar-refractivity contribution in [3.05, 3.63) is 0 Å². The first-order valence-electron chi connectivity index (χ1n) is 12.3. The molecule has 0 radical (unpaired) electrons. The first-order valence-corrected chi connectivity index (χ1v) is 12.3. The number of hydrogen-bond donors (Lipinski definition) is 0. The van der Waals surface area contributed by atoms with Gasteiger partial charge in [-0.15, -0.1) is 0 Å². The first kappa shape index (κ1) is 25.1. The Morgan fingerprint density at radius 1 is 0.828 bits per heavy atom. The molecule has 1 unspecified atom stereocenters. The highest BCUT2D eigenvalue weighted by Gasteiger charge is 2.43. The minimum atomic E-state index is -0.205. The topological polar surface area (TPSA) is 6.48 Å². The van der Waals surface area contributed by atoms with Gasteiger partial charge in [-0.05, 0) is 92.3 Å². The Bertz CT molecular complexity index is 491. The van der Waals surface area contributed by atoms with E-state index in [0.29, 0.717) is 28.2 Å². The van der Waals surface area contributed by atoms with Gasteiger partial charge in [0, 0.05) is 13.1 Å². The van der Waals surface area contributed by atoms with E-state index in [1.54, 1.807) is 0 Å². The lowest BCUT2D eigenvalue weighted by Crippen LogP contribution is -2.47. The molecule has 0 spiro atoms. The highest BCUT2D eigenvalue weighted by Crippen LogP contribution is 2.50. The van der Waals surface area contributed by atoms with Crippen LogP contribution in [0.3, 0.4) is 0 Å². The van der Waals surface area contributed by atoms with Gasteiger partial charge in [-0.2, -0.15) is 0 Å². The lowest BCUT2D eigenvalue weighted by molar-refractivity contribution is -0.00347. The van der Waals surface area contributed by atoms with E-state index in [9.17, 15) is 4.39 Å². The minimum Gasteiger partial charge on any atom is -0.303 e. The number of rotatable bonds is 8. The highest BCUT2D eigenvalue weighted by atomic mass is 19.1. The smallest absolute Gasteiger partial charge is 0.102 e. The number of hydrogen-bond acceptors (Lipinski definition) is 2. The van der Waals surface area contributed by atoms with E-state index in [4.69, 9.17) is 0 Å². The summed E-state index contributed by atoms with van der Waals surface area (Å²) in [5.74, 6) is 0.767. The van der Waals surface area contributed by atoms with Crippen molar-refractivity contribution < 1.29 is 4.39 Å². The summed E-state index contributed by atoms with van der Waals surface area (Å²) in [7, 11) is 0. The second-order valence-electron chi connectivity index (χ2n) is 12.7. The van der Waals surface area contributed by atoms with Crippen LogP contribution in [0.2, 0.25) is 0 Å². The van der Waals surface area contributed by atoms with Crippen molar-refractivity contribution in [2.24, 2.45) is 27.6 Å². The Kier molecular flexibility index (Phi) is 8.27. The Labute approximate surface area is 182 Å². The fourth-order valence-corrected chi connectivity index (χ4v) is 5.49. The molecule has 2 rings (SSSR count). The lowest BCUT2D eigenvalue weighted by Gasteiger charge is -2.50. The summed E-state index contributed by atoms with van der Waals surface area (Å²) in [6.07, 6.45) is 7.73. The second-order valence-corrected chi connectivity index (χ2v) is 12.7. The summed E-state index contributed by atoms with van der Waals surface area (Å²) in [5.41, 5.74) is 1.64. The van der Waals surface area contributed by atoms with Gasteiger partial charge in [0.2, 0.25) is 0 Å². The van der Waals surface area contributed by atoms with E-state index < -0.39 is 0 Å². The van der Waals surface area contributed by atoms with Crippen LogP contribution in [0.5, 0.6) is 0 Å². The highest BCUT2D eigenvalue weighted by molar-refractivity contribution is 4.94. The van der Waals surface area contributed by atoms with Crippen LogP contribution in [-0.4, -0.2) is 55.7 Å². The summed E-state index contributed by atoms with van der Waals surface area (Å²) in [6, 6.07) is 0. The zero-order valence-corrected chi connectivity index (χ0v) is 21.0. The van der Waals surface area contributed by atoms with Gasteiger partial charge in [0.15, 0.2) is 0 Å². The van der Waals surface area contributed by atoms with Crippen molar-refractivity contribution >= 4 is 0 Å². The SMILES string of the molecule is CC(CCC(C)(C)C1(C)CCN(CCF)CC1)CN1CCC(C)(C(C)(C)C)CC1. The van der Waals surface area contributed by atoms with Crippen molar-refractivity contribution in [2.75, 3.05) is 45.9 Å². The van der Waals surface area contributed by atoms with Crippen LogP contribution in [-0.2, 0) is 0 Å². The maximum absolute atomic E-state index is 12.7. The van der Waals surface area contributed by atoms with E-state index in [2.05, 4.69) is 65.2 Å². The van der Waals surface area contributed by atoms with E-state index in [1.165, 1.54) is 58.2 Å². The molecule has 2 fully saturated rings. The average Bonchev–Trinajstić information content (AvgIpc) is 2.63. The van der Waals surface area contributed by atoms with E-state index in [0.717, 1.165) is 19.0 Å². The third-order valence-corrected chi connectivity index (χ3v) is 9.60.